The zero-order valence-corrected chi connectivity index (χ0v) is 18.1. The Morgan fingerprint density at radius 2 is 1.84 bits per heavy atom. The molecule has 164 valence electrons. The number of ether oxygens (including phenoxy) is 2. The molecule has 8 heteroatoms. The highest BCUT2D eigenvalue weighted by atomic mass is 19.1. The molecule has 2 heterocycles. The maximum Gasteiger partial charge on any atom is 0.259 e. The van der Waals surface area contributed by atoms with Crippen molar-refractivity contribution in [1.29, 1.82) is 0 Å². The first kappa shape index (κ1) is 21.3. The van der Waals surface area contributed by atoms with Gasteiger partial charge < -0.3 is 19.3 Å². The first-order valence-corrected chi connectivity index (χ1v) is 9.97. The molecule has 1 N–H and O–H groups in total. The molecule has 32 heavy (non-hydrogen) atoms. The van der Waals surface area contributed by atoms with Crippen molar-refractivity contribution in [3.8, 4) is 22.8 Å². The molecule has 1 amide bonds. The molecule has 0 bridgehead atoms. The molecule has 0 aliphatic rings. The molecule has 0 saturated carbocycles. The topological polar surface area (TPSA) is 86.5 Å². The summed E-state index contributed by atoms with van der Waals surface area (Å²) in [5.74, 6) is 0.590. The monoisotopic (exact) mass is 435 g/mol. The van der Waals surface area contributed by atoms with Crippen LogP contribution < -0.4 is 14.8 Å². The number of pyridine rings is 1. The fraction of sp³-hybridized carbons (Fsp3) is 0.208. The summed E-state index contributed by atoms with van der Waals surface area (Å²) in [7, 11) is 3.15. The van der Waals surface area contributed by atoms with E-state index in [1.165, 1.54) is 12.1 Å². The number of hydrogen-bond donors (Lipinski definition) is 1. The zero-order chi connectivity index (χ0) is 22.8. The summed E-state index contributed by atoms with van der Waals surface area (Å²) < 4.78 is 29.5. The third-order valence-electron chi connectivity index (χ3n) is 5.19. The highest BCUT2D eigenvalue weighted by molar-refractivity contribution is 6.09. The summed E-state index contributed by atoms with van der Waals surface area (Å²) >= 11 is 0. The third-order valence-corrected chi connectivity index (χ3v) is 5.19. The van der Waals surface area contributed by atoms with Crippen LogP contribution in [-0.4, -0.2) is 30.3 Å². The first-order chi connectivity index (χ1) is 15.4. The minimum atomic E-state index is -0.384. The van der Waals surface area contributed by atoms with Gasteiger partial charge in [0.15, 0.2) is 0 Å². The predicted molar refractivity (Wildman–Crippen MR) is 117 cm³/mol. The standard InChI is InChI=1S/C24H22FN3O4/c1-13-11-19(21-22(28-32-24(21)26-13)15-5-7-16(25)8-6-15)23(29)27-14(2)18-12-17(30-3)9-10-20(18)31-4/h5-12,14H,1-4H3,(H,27,29)/t14-/m1/s1. The summed E-state index contributed by atoms with van der Waals surface area (Å²) in [6.07, 6.45) is 0. The largest absolute Gasteiger partial charge is 0.497 e. The van der Waals surface area contributed by atoms with Crippen LogP contribution in [0.1, 0.15) is 34.6 Å². The second kappa shape index (κ2) is 8.66. The summed E-state index contributed by atoms with van der Waals surface area (Å²) in [5, 5.41) is 7.56. The van der Waals surface area contributed by atoms with Crippen LogP contribution in [0.3, 0.4) is 0 Å². The molecule has 0 fully saturated rings. The van der Waals surface area contributed by atoms with Gasteiger partial charge in [-0.2, -0.15) is 0 Å². The van der Waals surface area contributed by atoms with Crippen molar-refractivity contribution in [3.05, 3.63) is 71.2 Å². The highest BCUT2D eigenvalue weighted by Gasteiger charge is 2.23. The second-order valence-electron chi connectivity index (χ2n) is 7.33. The second-order valence-corrected chi connectivity index (χ2v) is 7.33. The third kappa shape index (κ3) is 3.99. The van der Waals surface area contributed by atoms with Gasteiger partial charge in [0.2, 0.25) is 0 Å². The summed E-state index contributed by atoms with van der Waals surface area (Å²) in [6, 6.07) is 12.5. The van der Waals surface area contributed by atoms with E-state index >= 15 is 0 Å². The summed E-state index contributed by atoms with van der Waals surface area (Å²) in [6.45, 7) is 3.62. The lowest BCUT2D eigenvalue weighted by molar-refractivity contribution is 0.0941. The molecule has 2 aromatic carbocycles. The van der Waals surface area contributed by atoms with Crippen molar-refractivity contribution in [2.75, 3.05) is 14.2 Å². The Hall–Kier alpha value is -3.94. The number of nitrogens with zero attached hydrogens (tertiary/aromatic N) is 2. The van der Waals surface area contributed by atoms with Crippen molar-refractivity contribution < 1.29 is 23.2 Å². The Morgan fingerprint density at radius 1 is 1.09 bits per heavy atom. The van der Waals surface area contributed by atoms with E-state index in [1.807, 2.05) is 13.0 Å². The molecule has 4 aromatic rings. The number of aryl methyl sites for hydroxylation is 1. The van der Waals surface area contributed by atoms with Gasteiger partial charge in [0.1, 0.15) is 23.0 Å². The Kier molecular flexibility index (Phi) is 5.77. The molecular formula is C24H22FN3O4. The molecule has 7 nitrogen and oxygen atoms in total. The molecule has 2 aromatic heterocycles. The van der Waals surface area contributed by atoms with E-state index < -0.39 is 0 Å². The number of carbonyl (C=O) groups excluding carboxylic acids is 1. The number of amides is 1. The summed E-state index contributed by atoms with van der Waals surface area (Å²) in [4.78, 5) is 17.7. The van der Waals surface area contributed by atoms with Crippen LogP contribution in [0.15, 0.2) is 53.1 Å². The van der Waals surface area contributed by atoms with Crippen molar-refractivity contribution in [3.63, 3.8) is 0 Å². The normalized spacial score (nSPS) is 11.9. The fourth-order valence-corrected chi connectivity index (χ4v) is 3.59. The SMILES string of the molecule is COc1ccc(OC)c([C@@H](C)NC(=O)c2cc(C)nc3onc(-c4ccc(F)cc4)c23)c1. The van der Waals surface area contributed by atoms with Crippen molar-refractivity contribution in [2.24, 2.45) is 0 Å². The molecule has 0 unspecified atom stereocenters. The maximum absolute atomic E-state index is 13.4. The number of rotatable bonds is 6. The smallest absolute Gasteiger partial charge is 0.259 e. The van der Waals surface area contributed by atoms with E-state index in [-0.39, 0.29) is 23.5 Å². The Bertz CT molecular complexity index is 1280. The predicted octanol–water partition coefficient (Wildman–Crippen LogP) is 4.85. The molecule has 4 rings (SSSR count). The van der Waals surface area contributed by atoms with E-state index in [1.54, 1.807) is 51.5 Å². The molecule has 0 radical (unpaired) electrons. The van der Waals surface area contributed by atoms with Crippen LogP contribution in [0, 0.1) is 12.7 Å². The van der Waals surface area contributed by atoms with Crippen LogP contribution in [0.2, 0.25) is 0 Å². The average molecular weight is 435 g/mol. The molecule has 0 aliphatic heterocycles. The van der Waals surface area contributed by atoms with Crippen LogP contribution in [-0.2, 0) is 0 Å². The van der Waals surface area contributed by atoms with Crippen molar-refractivity contribution in [2.45, 2.75) is 19.9 Å². The summed E-state index contributed by atoms with van der Waals surface area (Å²) in [5.41, 5.74) is 3.02. The molecular weight excluding hydrogens is 413 g/mol. The molecule has 0 spiro atoms. The number of aromatic nitrogens is 2. The van der Waals surface area contributed by atoms with Crippen LogP contribution in [0.25, 0.3) is 22.4 Å². The van der Waals surface area contributed by atoms with E-state index in [9.17, 15) is 9.18 Å². The van der Waals surface area contributed by atoms with Crippen LogP contribution in [0.4, 0.5) is 4.39 Å². The first-order valence-electron chi connectivity index (χ1n) is 9.97. The molecule has 0 saturated heterocycles. The average Bonchev–Trinajstić information content (AvgIpc) is 3.22. The number of fused-ring (bicyclic) bond motifs is 1. The van der Waals surface area contributed by atoms with Gasteiger partial charge in [-0.1, -0.05) is 5.16 Å². The Morgan fingerprint density at radius 3 is 2.53 bits per heavy atom. The van der Waals surface area contributed by atoms with Crippen molar-refractivity contribution >= 4 is 17.0 Å². The zero-order valence-electron chi connectivity index (χ0n) is 18.1. The lowest BCUT2D eigenvalue weighted by atomic mass is 10.0. The minimum absolute atomic E-state index is 0.237. The van der Waals surface area contributed by atoms with Gasteiger partial charge in [0.25, 0.3) is 11.6 Å². The van der Waals surface area contributed by atoms with E-state index in [0.717, 1.165) is 5.56 Å². The highest BCUT2D eigenvalue weighted by Crippen LogP contribution is 2.32. The van der Waals surface area contributed by atoms with Crippen LogP contribution >= 0.6 is 0 Å². The number of carbonyl (C=O) groups is 1. The number of methoxy groups -OCH3 is 2. The van der Waals surface area contributed by atoms with Gasteiger partial charge in [-0.25, -0.2) is 9.37 Å². The Labute approximate surface area is 184 Å². The number of nitrogens with one attached hydrogen (secondary N) is 1. The minimum Gasteiger partial charge on any atom is -0.497 e. The van der Waals surface area contributed by atoms with Gasteiger partial charge in [-0.3, -0.25) is 4.79 Å². The maximum atomic E-state index is 13.4. The van der Waals surface area contributed by atoms with E-state index in [4.69, 9.17) is 14.0 Å². The quantitative estimate of drug-likeness (QED) is 0.466. The fourth-order valence-electron chi connectivity index (χ4n) is 3.59. The van der Waals surface area contributed by atoms with Gasteiger partial charge in [0, 0.05) is 16.8 Å². The molecule has 1 atom stereocenters. The van der Waals surface area contributed by atoms with Gasteiger partial charge in [-0.05, 0) is 62.4 Å². The van der Waals surface area contributed by atoms with Gasteiger partial charge in [-0.15, -0.1) is 0 Å². The van der Waals surface area contributed by atoms with E-state index in [2.05, 4.69) is 15.5 Å². The van der Waals surface area contributed by atoms with Gasteiger partial charge in [0.05, 0.1) is 31.2 Å². The van der Waals surface area contributed by atoms with E-state index in [0.29, 0.717) is 39.4 Å². The lowest BCUT2D eigenvalue weighted by Gasteiger charge is -2.18. The number of benzene rings is 2. The van der Waals surface area contributed by atoms with Gasteiger partial charge >= 0.3 is 0 Å². The number of halogens is 1. The lowest BCUT2D eigenvalue weighted by Crippen LogP contribution is -2.27. The van der Waals surface area contributed by atoms with Crippen LogP contribution in [0.5, 0.6) is 11.5 Å². The number of hydrogen-bond acceptors (Lipinski definition) is 6. The van der Waals surface area contributed by atoms with Crippen molar-refractivity contribution in [1.82, 2.24) is 15.5 Å². The Balaban J connectivity index is 1.74. The molecule has 0 aliphatic carbocycles.